The summed E-state index contributed by atoms with van der Waals surface area (Å²) < 4.78 is 7.38. The van der Waals surface area contributed by atoms with Crippen molar-refractivity contribution in [2.45, 2.75) is 6.61 Å². The van der Waals surface area contributed by atoms with Crippen molar-refractivity contribution in [2.75, 3.05) is 0 Å². The number of carboxylic acids is 1. The van der Waals surface area contributed by atoms with Gasteiger partial charge in [-0.25, -0.2) is 9.78 Å². The average molecular weight is 268 g/mol. The van der Waals surface area contributed by atoms with Gasteiger partial charge in [-0.05, 0) is 24.3 Å². The predicted octanol–water partition coefficient (Wildman–Crippen LogP) is 2.61. The van der Waals surface area contributed by atoms with Crippen LogP contribution >= 0.6 is 0 Å². The van der Waals surface area contributed by atoms with Crippen LogP contribution in [0.1, 0.15) is 16.1 Å². The molecule has 0 aliphatic carbocycles. The Bertz CT molecular complexity index is 750. The van der Waals surface area contributed by atoms with Gasteiger partial charge in [0.15, 0.2) is 5.65 Å². The number of aromatic carboxylic acids is 1. The lowest BCUT2D eigenvalue weighted by molar-refractivity contribution is 0.0698. The molecular formula is C15H12N2O3. The first-order valence-corrected chi connectivity index (χ1v) is 6.12. The third-order valence-corrected chi connectivity index (χ3v) is 2.97. The van der Waals surface area contributed by atoms with Crippen LogP contribution in [0.4, 0.5) is 0 Å². The molecule has 0 atom stereocenters. The van der Waals surface area contributed by atoms with Gasteiger partial charge in [-0.2, -0.15) is 0 Å². The minimum atomic E-state index is -0.989. The van der Waals surface area contributed by atoms with Gasteiger partial charge in [0.25, 0.3) is 0 Å². The van der Waals surface area contributed by atoms with Crippen molar-refractivity contribution in [3.05, 3.63) is 66.1 Å². The van der Waals surface area contributed by atoms with E-state index in [1.165, 1.54) is 6.07 Å². The fraction of sp³-hybridized carbons (Fsp3) is 0.0667. The highest BCUT2D eigenvalue weighted by Gasteiger charge is 2.12. The molecule has 1 aromatic carbocycles. The Hall–Kier alpha value is -2.82. The molecule has 0 fully saturated rings. The summed E-state index contributed by atoms with van der Waals surface area (Å²) in [5.41, 5.74) is 1.40. The highest BCUT2D eigenvalue weighted by Crippen LogP contribution is 2.15. The number of hydrogen-bond donors (Lipinski definition) is 1. The van der Waals surface area contributed by atoms with E-state index in [1.54, 1.807) is 22.9 Å². The molecule has 0 saturated heterocycles. The molecule has 20 heavy (non-hydrogen) atoms. The van der Waals surface area contributed by atoms with E-state index in [-0.39, 0.29) is 5.56 Å². The minimum Gasteiger partial charge on any atom is -0.487 e. The lowest BCUT2D eigenvalue weighted by atomic mass is 10.3. The maximum absolute atomic E-state index is 11.1. The third-order valence-electron chi connectivity index (χ3n) is 2.97. The number of para-hydroxylation sites is 1. The molecule has 1 N–H and O–H groups in total. The summed E-state index contributed by atoms with van der Waals surface area (Å²) in [6, 6.07) is 12.7. The second-order valence-electron chi connectivity index (χ2n) is 4.27. The van der Waals surface area contributed by atoms with Crippen LogP contribution in [0.15, 0.2) is 54.9 Å². The number of carboxylic acid groups (broad SMARTS) is 1. The van der Waals surface area contributed by atoms with E-state index >= 15 is 0 Å². The summed E-state index contributed by atoms with van der Waals surface area (Å²) >= 11 is 0. The summed E-state index contributed by atoms with van der Waals surface area (Å²) in [5, 5.41) is 9.12. The molecular weight excluding hydrogens is 256 g/mol. The number of rotatable bonds is 4. The first-order chi connectivity index (χ1) is 9.75. The Balaban J connectivity index is 1.90. The molecule has 0 aliphatic rings. The van der Waals surface area contributed by atoms with E-state index in [0.717, 1.165) is 11.4 Å². The number of aromatic nitrogens is 2. The zero-order valence-electron chi connectivity index (χ0n) is 10.6. The van der Waals surface area contributed by atoms with Gasteiger partial charge < -0.3 is 9.84 Å². The van der Waals surface area contributed by atoms with Crippen LogP contribution in [0.25, 0.3) is 5.65 Å². The summed E-state index contributed by atoms with van der Waals surface area (Å²) in [4.78, 5) is 15.3. The van der Waals surface area contributed by atoms with E-state index in [0.29, 0.717) is 12.3 Å². The maximum atomic E-state index is 11.1. The molecule has 0 amide bonds. The Morgan fingerprint density at radius 1 is 1.20 bits per heavy atom. The monoisotopic (exact) mass is 268 g/mol. The van der Waals surface area contributed by atoms with E-state index in [1.807, 2.05) is 30.3 Å². The SMILES string of the molecule is O=C(O)c1cccn2c(COc3ccccc3)cnc12. The first-order valence-electron chi connectivity index (χ1n) is 6.12. The van der Waals surface area contributed by atoms with Crippen LogP contribution in [0.5, 0.6) is 5.75 Å². The highest BCUT2D eigenvalue weighted by atomic mass is 16.5. The summed E-state index contributed by atoms with van der Waals surface area (Å²) in [6.45, 7) is 0.328. The standard InChI is InChI=1S/C15H12N2O3/c18-15(19)13-7-4-8-17-11(9-16-14(13)17)10-20-12-5-2-1-3-6-12/h1-9H,10H2,(H,18,19). The number of benzene rings is 1. The van der Waals surface area contributed by atoms with Crippen molar-refractivity contribution < 1.29 is 14.6 Å². The van der Waals surface area contributed by atoms with Crippen LogP contribution in [-0.2, 0) is 6.61 Å². The smallest absolute Gasteiger partial charge is 0.339 e. The number of ether oxygens (including phenoxy) is 1. The van der Waals surface area contributed by atoms with Crippen molar-refractivity contribution in [2.24, 2.45) is 0 Å². The first kappa shape index (κ1) is 12.2. The molecule has 2 aromatic heterocycles. The lowest BCUT2D eigenvalue weighted by Crippen LogP contribution is -2.03. The molecule has 3 rings (SSSR count). The van der Waals surface area contributed by atoms with Gasteiger partial charge in [0.05, 0.1) is 11.9 Å². The van der Waals surface area contributed by atoms with Gasteiger partial charge in [0, 0.05) is 6.20 Å². The van der Waals surface area contributed by atoms with Gasteiger partial charge in [-0.15, -0.1) is 0 Å². The van der Waals surface area contributed by atoms with E-state index in [2.05, 4.69) is 4.98 Å². The summed E-state index contributed by atoms with van der Waals surface area (Å²) in [5.74, 6) is -0.228. The minimum absolute atomic E-state index is 0.179. The molecule has 0 bridgehead atoms. The molecule has 100 valence electrons. The van der Waals surface area contributed by atoms with Crippen molar-refractivity contribution in [1.29, 1.82) is 0 Å². The fourth-order valence-corrected chi connectivity index (χ4v) is 2.01. The second kappa shape index (κ2) is 5.05. The number of pyridine rings is 1. The zero-order chi connectivity index (χ0) is 13.9. The van der Waals surface area contributed by atoms with Crippen LogP contribution < -0.4 is 4.74 Å². The van der Waals surface area contributed by atoms with Crippen LogP contribution in [0.2, 0.25) is 0 Å². The Morgan fingerprint density at radius 2 is 2.00 bits per heavy atom. The molecule has 0 unspecified atom stereocenters. The van der Waals surface area contributed by atoms with Crippen LogP contribution in [0.3, 0.4) is 0 Å². The Labute approximate surface area is 115 Å². The topological polar surface area (TPSA) is 63.8 Å². The number of carbonyl (C=O) groups is 1. The molecule has 0 aliphatic heterocycles. The maximum Gasteiger partial charge on any atom is 0.339 e. The normalized spacial score (nSPS) is 10.6. The van der Waals surface area contributed by atoms with Gasteiger partial charge in [-0.3, -0.25) is 4.40 Å². The largest absolute Gasteiger partial charge is 0.487 e. The molecule has 3 aromatic rings. The molecule has 5 heteroatoms. The second-order valence-corrected chi connectivity index (χ2v) is 4.27. The van der Waals surface area contributed by atoms with Crippen molar-refractivity contribution in [3.8, 4) is 5.75 Å². The Kier molecular flexibility index (Phi) is 3.09. The predicted molar refractivity (Wildman–Crippen MR) is 72.9 cm³/mol. The summed E-state index contributed by atoms with van der Waals surface area (Å²) in [6.07, 6.45) is 3.41. The van der Waals surface area contributed by atoms with Crippen molar-refractivity contribution in [1.82, 2.24) is 9.38 Å². The lowest BCUT2D eigenvalue weighted by Gasteiger charge is -2.06. The molecule has 0 spiro atoms. The Morgan fingerprint density at radius 3 is 2.75 bits per heavy atom. The van der Waals surface area contributed by atoms with Gasteiger partial charge in [-0.1, -0.05) is 18.2 Å². The fourth-order valence-electron chi connectivity index (χ4n) is 2.01. The quantitative estimate of drug-likeness (QED) is 0.790. The summed E-state index contributed by atoms with van der Waals surface area (Å²) in [7, 11) is 0. The average Bonchev–Trinajstić information content (AvgIpc) is 2.89. The zero-order valence-corrected chi connectivity index (χ0v) is 10.6. The molecule has 0 radical (unpaired) electrons. The van der Waals surface area contributed by atoms with Crippen molar-refractivity contribution in [3.63, 3.8) is 0 Å². The van der Waals surface area contributed by atoms with E-state index < -0.39 is 5.97 Å². The van der Waals surface area contributed by atoms with Gasteiger partial charge in [0.1, 0.15) is 17.9 Å². The van der Waals surface area contributed by atoms with E-state index in [9.17, 15) is 4.79 Å². The van der Waals surface area contributed by atoms with E-state index in [4.69, 9.17) is 9.84 Å². The number of hydrogen-bond acceptors (Lipinski definition) is 3. The number of imidazole rings is 1. The molecule has 5 nitrogen and oxygen atoms in total. The van der Waals surface area contributed by atoms with Gasteiger partial charge in [0.2, 0.25) is 0 Å². The van der Waals surface area contributed by atoms with Gasteiger partial charge >= 0.3 is 5.97 Å². The van der Waals surface area contributed by atoms with Crippen LogP contribution in [0, 0.1) is 0 Å². The number of nitrogens with zero attached hydrogens (tertiary/aromatic N) is 2. The number of fused-ring (bicyclic) bond motifs is 1. The van der Waals surface area contributed by atoms with Crippen LogP contribution in [-0.4, -0.2) is 20.5 Å². The molecule has 2 heterocycles. The molecule has 0 saturated carbocycles. The third kappa shape index (κ3) is 2.21. The highest BCUT2D eigenvalue weighted by molar-refractivity contribution is 5.94. The van der Waals surface area contributed by atoms with Crippen molar-refractivity contribution >= 4 is 11.6 Å².